The summed E-state index contributed by atoms with van der Waals surface area (Å²) >= 11 is 0. The van der Waals surface area contributed by atoms with Crippen molar-refractivity contribution in [3.8, 4) is 0 Å². The Morgan fingerprint density at radius 1 is 0.683 bits per heavy atom. The van der Waals surface area contributed by atoms with Crippen LogP contribution >= 0.6 is 24.0 Å². The molecule has 0 spiro atoms. The second-order valence-electron chi connectivity index (χ2n) is 15.8. The number of anilines is 1. The molecule has 7 N–H and O–H groups in total. The van der Waals surface area contributed by atoms with Gasteiger partial charge < -0.3 is 41.2 Å². The lowest BCUT2D eigenvalue weighted by atomic mass is 9.98. The maximum atomic E-state index is 13.9. The molecule has 0 bridgehead atoms. The lowest BCUT2D eigenvalue weighted by Gasteiger charge is -2.24. The van der Waals surface area contributed by atoms with E-state index in [1.54, 1.807) is 65.8 Å². The predicted molar refractivity (Wildman–Crippen MR) is 238 cm³/mol. The van der Waals surface area contributed by atoms with Crippen molar-refractivity contribution in [1.82, 2.24) is 16.0 Å². The summed E-state index contributed by atoms with van der Waals surface area (Å²) in [6, 6.07) is 21.8. The molecule has 0 saturated carbocycles. The second-order valence-corrected chi connectivity index (χ2v) is 15.8. The number of amidine groups is 1. The van der Waals surface area contributed by atoms with Gasteiger partial charge in [-0.1, -0.05) is 72.8 Å². The van der Waals surface area contributed by atoms with Crippen molar-refractivity contribution in [3.05, 3.63) is 113 Å². The van der Waals surface area contributed by atoms with E-state index >= 15 is 0 Å². The SMILES string of the molecule is COC(=O)[C@H](Cc1cccc2ccccc12)NC(=O)[C@H](CC(=O)OC(C)(C)C)NC(=O)c1cccc(NC(=O)[C@H](Cc2ccc(C(=N)N)cc2)NC(=O)OC(C)(C)C)c1.I. The van der Waals surface area contributed by atoms with E-state index in [-0.39, 0.29) is 53.9 Å². The van der Waals surface area contributed by atoms with Gasteiger partial charge >= 0.3 is 18.0 Å². The zero-order valence-corrected chi connectivity index (χ0v) is 37.0. The number of hydrogen-bond donors (Lipinski definition) is 6. The number of rotatable bonds is 15. The van der Waals surface area contributed by atoms with E-state index in [1.807, 2.05) is 42.5 Å². The van der Waals surface area contributed by atoms with Crippen LogP contribution in [0.25, 0.3) is 10.8 Å². The van der Waals surface area contributed by atoms with Crippen LogP contribution in [0.4, 0.5) is 10.5 Å². The Morgan fingerprint density at radius 3 is 1.95 bits per heavy atom. The van der Waals surface area contributed by atoms with Crippen molar-refractivity contribution in [2.24, 2.45) is 5.73 Å². The van der Waals surface area contributed by atoms with Crippen molar-refractivity contribution in [2.45, 2.75) is 90.1 Å². The molecule has 3 atom stereocenters. The molecular formula is C44H53IN6O9. The summed E-state index contributed by atoms with van der Waals surface area (Å²) in [5.74, 6) is -3.88. The molecule has 4 rings (SSSR count). The molecule has 4 amide bonds. The minimum atomic E-state index is -1.49. The van der Waals surface area contributed by atoms with Gasteiger partial charge in [0, 0.05) is 29.7 Å². The normalized spacial score (nSPS) is 12.7. The standard InChI is InChI=1S/C44H52N6O9.HI/c1-43(2,3)58-36(51)25-34(40(54)49-35(41(55)57-7)24-29-14-10-13-27-12-8-9-17-32(27)29)48-38(52)30-15-11-16-31(23-30)47-39(53)33(50-42(56)59-44(4,5)6)22-26-18-20-28(21-19-26)37(45)46;/h8-21,23,33-35H,22,24-25H2,1-7H3,(H3,45,46)(H,47,53)(H,48,52)(H,49,54)(H,50,56);1H/t33-,34-,35-;/m0./s1. The van der Waals surface area contributed by atoms with Crippen LogP contribution in [0.15, 0.2) is 91.0 Å². The molecule has 0 aliphatic rings. The predicted octanol–water partition coefficient (Wildman–Crippen LogP) is 5.55. The summed E-state index contributed by atoms with van der Waals surface area (Å²) in [6.45, 7) is 10.0. The van der Waals surface area contributed by atoms with Crippen molar-refractivity contribution >= 4 is 82.0 Å². The Hall–Kier alpha value is -6.04. The monoisotopic (exact) mass is 936 g/mol. The van der Waals surface area contributed by atoms with Gasteiger partial charge in [-0.3, -0.25) is 24.6 Å². The van der Waals surface area contributed by atoms with E-state index in [0.29, 0.717) is 11.1 Å². The number of amides is 4. The van der Waals surface area contributed by atoms with E-state index in [1.165, 1.54) is 31.4 Å². The third-order valence-corrected chi connectivity index (χ3v) is 8.62. The van der Waals surface area contributed by atoms with E-state index in [9.17, 15) is 28.8 Å². The largest absolute Gasteiger partial charge is 0.467 e. The second kappa shape index (κ2) is 21.3. The van der Waals surface area contributed by atoms with Gasteiger partial charge in [0.1, 0.15) is 35.2 Å². The number of alkyl carbamates (subject to hydrolysis) is 1. The van der Waals surface area contributed by atoms with Gasteiger partial charge in [-0.05, 0) is 81.6 Å². The number of esters is 2. The first-order chi connectivity index (χ1) is 27.7. The average molecular weight is 937 g/mol. The number of hydrogen-bond acceptors (Lipinski definition) is 10. The third-order valence-electron chi connectivity index (χ3n) is 8.62. The van der Waals surface area contributed by atoms with Gasteiger partial charge in [-0.15, -0.1) is 24.0 Å². The highest BCUT2D eigenvalue weighted by molar-refractivity contribution is 14.0. The number of methoxy groups -OCH3 is 1. The van der Waals surface area contributed by atoms with E-state index in [0.717, 1.165) is 16.3 Å². The third kappa shape index (κ3) is 15.0. The smallest absolute Gasteiger partial charge is 0.408 e. The summed E-state index contributed by atoms with van der Waals surface area (Å²) < 4.78 is 15.9. The quantitative estimate of drug-likeness (QED) is 0.0287. The van der Waals surface area contributed by atoms with Crippen molar-refractivity contribution in [2.75, 3.05) is 12.4 Å². The minimum absolute atomic E-state index is 0. The van der Waals surface area contributed by atoms with Crippen LogP contribution in [0, 0.1) is 5.41 Å². The van der Waals surface area contributed by atoms with Gasteiger partial charge in [0.05, 0.1) is 13.5 Å². The zero-order valence-electron chi connectivity index (χ0n) is 34.7. The van der Waals surface area contributed by atoms with Crippen molar-refractivity contribution in [1.29, 1.82) is 5.41 Å². The van der Waals surface area contributed by atoms with E-state index < -0.39 is 71.5 Å². The van der Waals surface area contributed by atoms with Crippen LogP contribution in [0.2, 0.25) is 0 Å². The molecule has 4 aromatic carbocycles. The summed E-state index contributed by atoms with van der Waals surface area (Å²) in [7, 11) is 1.19. The molecule has 0 radical (unpaired) electrons. The fraction of sp³-hybridized carbons (Fsp3) is 0.341. The number of nitrogen functional groups attached to an aromatic ring is 1. The van der Waals surface area contributed by atoms with Crippen LogP contribution in [-0.2, 0) is 46.2 Å². The Labute approximate surface area is 366 Å². The number of ether oxygens (including phenoxy) is 3. The number of carbonyl (C=O) groups is 6. The number of halogens is 1. The van der Waals surface area contributed by atoms with Gasteiger partial charge in [-0.2, -0.15) is 0 Å². The summed E-state index contributed by atoms with van der Waals surface area (Å²) in [5, 5.41) is 20.0. The first kappa shape index (κ1) is 48.3. The molecule has 15 nitrogen and oxygen atoms in total. The summed E-state index contributed by atoms with van der Waals surface area (Å²) in [6.07, 6.45) is -1.30. The van der Waals surface area contributed by atoms with Crippen LogP contribution < -0.4 is 27.0 Å². The first-order valence-electron chi connectivity index (χ1n) is 18.9. The van der Waals surface area contributed by atoms with Crippen molar-refractivity contribution < 1.29 is 43.0 Å². The number of benzene rings is 4. The summed E-state index contributed by atoms with van der Waals surface area (Å²) in [4.78, 5) is 80.2. The fourth-order valence-corrected chi connectivity index (χ4v) is 5.98. The Morgan fingerprint density at radius 2 is 1.32 bits per heavy atom. The molecule has 60 heavy (non-hydrogen) atoms. The highest BCUT2D eigenvalue weighted by atomic mass is 127. The highest BCUT2D eigenvalue weighted by Crippen LogP contribution is 2.21. The topological polar surface area (TPSA) is 228 Å². The molecule has 16 heteroatoms. The lowest BCUT2D eigenvalue weighted by Crippen LogP contribution is -2.53. The molecule has 0 aliphatic heterocycles. The minimum Gasteiger partial charge on any atom is -0.467 e. The lowest BCUT2D eigenvalue weighted by molar-refractivity contribution is -0.156. The Kier molecular flexibility index (Phi) is 17.1. The Balaban J connectivity index is 0.00000961. The molecule has 0 aliphatic carbocycles. The number of nitrogens with one attached hydrogen (secondary N) is 5. The van der Waals surface area contributed by atoms with E-state index in [2.05, 4.69) is 21.3 Å². The average Bonchev–Trinajstić information content (AvgIpc) is 3.15. The van der Waals surface area contributed by atoms with E-state index in [4.69, 9.17) is 25.4 Å². The maximum Gasteiger partial charge on any atom is 0.408 e. The molecule has 4 aromatic rings. The van der Waals surface area contributed by atoms with Crippen LogP contribution in [-0.4, -0.2) is 78.0 Å². The van der Waals surface area contributed by atoms with Gasteiger partial charge in [0.25, 0.3) is 5.91 Å². The van der Waals surface area contributed by atoms with Crippen LogP contribution in [0.3, 0.4) is 0 Å². The van der Waals surface area contributed by atoms with Gasteiger partial charge in [-0.25, -0.2) is 9.59 Å². The Bertz CT molecular complexity index is 2190. The highest BCUT2D eigenvalue weighted by Gasteiger charge is 2.32. The fourth-order valence-electron chi connectivity index (χ4n) is 5.98. The molecule has 0 aromatic heterocycles. The number of fused-ring (bicyclic) bond motifs is 1. The zero-order chi connectivity index (χ0) is 43.5. The molecule has 0 fully saturated rings. The van der Waals surface area contributed by atoms with Gasteiger partial charge in [0.2, 0.25) is 11.8 Å². The molecule has 320 valence electrons. The van der Waals surface area contributed by atoms with Gasteiger partial charge in [0.15, 0.2) is 0 Å². The van der Waals surface area contributed by atoms with Crippen LogP contribution in [0.5, 0.6) is 0 Å². The molecular weight excluding hydrogens is 883 g/mol. The molecule has 0 heterocycles. The summed E-state index contributed by atoms with van der Waals surface area (Å²) in [5.41, 5.74) is 5.94. The first-order valence-corrected chi connectivity index (χ1v) is 18.9. The number of nitrogens with two attached hydrogens (primary N) is 1. The number of carbonyl (C=O) groups excluding carboxylic acids is 6. The molecule has 0 saturated heterocycles. The molecule has 0 unspecified atom stereocenters. The van der Waals surface area contributed by atoms with Crippen LogP contribution in [0.1, 0.15) is 75.0 Å². The van der Waals surface area contributed by atoms with Crippen molar-refractivity contribution in [3.63, 3.8) is 0 Å². The maximum absolute atomic E-state index is 13.9.